The molecule has 0 saturated heterocycles. The molecule has 0 aromatic rings. The third kappa shape index (κ3) is 46.6. The number of carbonyl (C=O) groups excluding carboxylic acids is 3. The molecule has 0 amide bonds. The van der Waals surface area contributed by atoms with Crippen LogP contribution in [0, 0.1) is 0 Å². The highest BCUT2D eigenvalue weighted by Crippen LogP contribution is 2.12. The number of hydrogen-bond donors (Lipinski definition) is 0. The lowest BCUT2D eigenvalue weighted by molar-refractivity contribution is -0.166. The average Bonchev–Trinajstić information content (AvgIpc) is 3.27. The van der Waals surface area contributed by atoms with Crippen molar-refractivity contribution >= 4 is 17.9 Å². The molecule has 0 spiro atoms. The second-order valence-electron chi connectivity index (χ2n) is 15.5. The predicted octanol–water partition coefficient (Wildman–Crippen LogP) is 15.9. The van der Waals surface area contributed by atoms with E-state index in [2.05, 4.69) is 69.4 Å². The molecule has 0 radical (unpaired) electrons. The van der Waals surface area contributed by atoms with Crippen LogP contribution in [-0.4, -0.2) is 37.2 Å². The Kier molecular flexibility index (Phi) is 45.7. The van der Waals surface area contributed by atoms with Gasteiger partial charge in [-0.05, 0) is 77.0 Å². The minimum absolute atomic E-state index is 0.118. The van der Waals surface area contributed by atoms with Crippen LogP contribution in [-0.2, 0) is 28.6 Å². The van der Waals surface area contributed by atoms with Crippen LogP contribution in [0.5, 0.6) is 0 Å². The summed E-state index contributed by atoms with van der Waals surface area (Å²) in [5.41, 5.74) is 0. The summed E-state index contributed by atoms with van der Waals surface area (Å²) in [5, 5.41) is 0. The van der Waals surface area contributed by atoms with Crippen LogP contribution in [0.25, 0.3) is 0 Å². The fourth-order valence-corrected chi connectivity index (χ4v) is 6.01. The molecule has 1 atom stereocenters. The second-order valence-corrected chi connectivity index (χ2v) is 15.5. The number of unbranched alkanes of at least 4 members (excludes halogenated alkanes) is 15. The van der Waals surface area contributed by atoms with Crippen LogP contribution >= 0.6 is 0 Å². The second kappa shape index (κ2) is 49.2. The molecule has 0 saturated carbocycles. The lowest BCUT2D eigenvalue weighted by atomic mass is 10.1. The highest BCUT2D eigenvalue weighted by atomic mass is 16.6. The maximum Gasteiger partial charge on any atom is 0.309 e. The van der Waals surface area contributed by atoms with Gasteiger partial charge in [0.2, 0.25) is 0 Å². The van der Waals surface area contributed by atoms with Gasteiger partial charge in [-0.1, -0.05) is 219 Å². The fourth-order valence-electron chi connectivity index (χ4n) is 6.01. The van der Waals surface area contributed by atoms with Crippen molar-refractivity contribution in [3.05, 3.63) is 134 Å². The van der Waals surface area contributed by atoms with Gasteiger partial charge in [0.05, 0.1) is 6.42 Å². The Morgan fingerprint density at radius 2 is 0.774 bits per heavy atom. The Morgan fingerprint density at radius 1 is 0.371 bits per heavy atom. The zero-order valence-electron chi connectivity index (χ0n) is 39.3. The van der Waals surface area contributed by atoms with Crippen molar-refractivity contribution in [1.29, 1.82) is 0 Å². The molecule has 6 nitrogen and oxygen atoms in total. The van der Waals surface area contributed by atoms with Gasteiger partial charge in [0.15, 0.2) is 6.10 Å². The maximum absolute atomic E-state index is 12.8. The van der Waals surface area contributed by atoms with E-state index in [1.807, 2.05) is 79.0 Å². The summed E-state index contributed by atoms with van der Waals surface area (Å²) in [7, 11) is 0. The first-order chi connectivity index (χ1) is 30.5. The summed E-state index contributed by atoms with van der Waals surface area (Å²) >= 11 is 0. The SMILES string of the molecule is CC\C=C/C=C\C=C/C=C\C=C\C=C/C=C\CCCCCC(=O)OCC(COC(=O)C/C=C\C/C=C\C/C=C\CC)OC(=O)CCCCCCC/C=C\CCCCCCCCC. The Bertz CT molecular complexity index is 1400. The molecule has 1 unspecified atom stereocenters. The minimum atomic E-state index is -0.840. The molecule has 0 aliphatic rings. The molecule has 0 aromatic carbocycles. The van der Waals surface area contributed by atoms with Gasteiger partial charge in [-0.2, -0.15) is 0 Å². The van der Waals surface area contributed by atoms with Gasteiger partial charge in [0.25, 0.3) is 0 Å². The van der Waals surface area contributed by atoms with Crippen molar-refractivity contribution in [1.82, 2.24) is 0 Å². The van der Waals surface area contributed by atoms with Crippen LogP contribution in [0.4, 0.5) is 0 Å². The molecule has 0 heterocycles. The summed E-state index contributed by atoms with van der Waals surface area (Å²) < 4.78 is 16.6. The van der Waals surface area contributed by atoms with Gasteiger partial charge in [-0.3, -0.25) is 14.4 Å². The van der Waals surface area contributed by atoms with Crippen LogP contribution in [0.15, 0.2) is 134 Å². The zero-order chi connectivity index (χ0) is 45.1. The van der Waals surface area contributed by atoms with Gasteiger partial charge in [-0.15, -0.1) is 0 Å². The molecule has 0 bridgehead atoms. The molecular formula is C56H86O6. The lowest BCUT2D eigenvalue weighted by Crippen LogP contribution is -2.30. The topological polar surface area (TPSA) is 78.9 Å². The Labute approximate surface area is 379 Å². The first kappa shape index (κ1) is 57.5. The van der Waals surface area contributed by atoms with E-state index >= 15 is 0 Å². The standard InChI is InChI=1S/C56H86O6/c1-4-7-10-13-16-19-21-23-25-27-28-29-31-32-34-37-40-43-46-49-55(58)61-52-53(51-60-54(57)48-45-42-39-36-18-15-12-9-6-3)62-56(59)50-47-44-41-38-35-33-30-26-24-22-20-17-14-11-8-5-2/h7,9-10,12-13,16,18-19,21,23,25-32,34,36,42,45,53H,4-6,8,11,14-15,17,20,22,24,33,35,37-41,43-44,46-52H2,1-3H3/b10-7-,12-9-,16-13-,21-19-,25-23-,28-27+,30-26-,31-29-,34-32-,36-18-,45-42-. The Balaban J connectivity index is 4.54. The van der Waals surface area contributed by atoms with Crippen molar-refractivity contribution < 1.29 is 28.6 Å². The third-order valence-corrected chi connectivity index (χ3v) is 9.60. The highest BCUT2D eigenvalue weighted by molar-refractivity contribution is 5.72. The average molecular weight is 855 g/mol. The smallest absolute Gasteiger partial charge is 0.309 e. The first-order valence-corrected chi connectivity index (χ1v) is 24.3. The predicted molar refractivity (Wildman–Crippen MR) is 265 cm³/mol. The number of rotatable bonds is 41. The molecule has 0 aliphatic carbocycles. The number of hydrogen-bond acceptors (Lipinski definition) is 6. The largest absolute Gasteiger partial charge is 0.462 e. The number of allylic oxidation sites excluding steroid dienone is 21. The van der Waals surface area contributed by atoms with E-state index in [-0.39, 0.29) is 44.4 Å². The van der Waals surface area contributed by atoms with Crippen LogP contribution < -0.4 is 0 Å². The highest BCUT2D eigenvalue weighted by Gasteiger charge is 2.19. The van der Waals surface area contributed by atoms with Gasteiger partial charge in [0.1, 0.15) is 13.2 Å². The van der Waals surface area contributed by atoms with Crippen molar-refractivity contribution in [2.45, 2.75) is 187 Å². The van der Waals surface area contributed by atoms with Crippen molar-refractivity contribution in [2.75, 3.05) is 13.2 Å². The molecule has 62 heavy (non-hydrogen) atoms. The Morgan fingerprint density at radius 3 is 1.32 bits per heavy atom. The third-order valence-electron chi connectivity index (χ3n) is 9.60. The minimum Gasteiger partial charge on any atom is -0.462 e. The molecule has 0 fully saturated rings. The summed E-state index contributed by atoms with van der Waals surface area (Å²) in [6, 6.07) is 0. The van der Waals surface area contributed by atoms with E-state index in [4.69, 9.17) is 14.2 Å². The van der Waals surface area contributed by atoms with E-state index in [1.54, 1.807) is 6.08 Å². The van der Waals surface area contributed by atoms with Gasteiger partial charge in [-0.25, -0.2) is 0 Å². The number of carbonyl (C=O) groups is 3. The fraction of sp³-hybridized carbons (Fsp3) is 0.554. The molecule has 6 heteroatoms. The monoisotopic (exact) mass is 855 g/mol. The summed E-state index contributed by atoms with van der Waals surface area (Å²) in [6.07, 6.45) is 68.9. The number of esters is 3. The van der Waals surface area contributed by atoms with Crippen LogP contribution in [0.1, 0.15) is 181 Å². The number of ether oxygens (including phenoxy) is 3. The molecule has 0 aromatic heterocycles. The normalized spacial score (nSPS) is 13.3. The van der Waals surface area contributed by atoms with Crippen molar-refractivity contribution in [3.8, 4) is 0 Å². The van der Waals surface area contributed by atoms with Gasteiger partial charge in [0, 0.05) is 12.8 Å². The maximum atomic E-state index is 12.8. The Hall–Kier alpha value is -4.45. The van der Waals surface area contributed by atoms with Gasteiger partial charge >= 0.3 is 17.9 Å². The van der Waals surface area contributed by atoms with E-state index in [1.165, 1.54) is 57.8 Å². The van der Waals surface area contributed by atoms with Crippen molar-refractivity contribution in [3.63, 3.8) is 0 Å². The summed E-state index contributed by atoms with van der Waals surface area (Å²) in [4.78, 5) is 37.7. The summed E-state index contributed by atoms with van der Waals surface area (Å²) in [5.74, 6) is -1.13. The van der Waals surface area contributed by atoms with Crippen LogP contribution in [0.3, 0.4) is 0 Å². The quantitative estimate of drug-likeness (QED) is 0.0200. The van der Waals surface area contributed by atoms with Crippen LogP contribution in [0.2, 0.25) is 0 Å². The molecule has 0 rings (SSSR count). The first-order valence-electron chi connectivity index (χ1n) is 24.3. The van der Waals surface area contributed by atoms with Gasteiger partial charge < -0.3 is 14.2 Å². The van der Waals surface area contributed by atoms with E-state index in [0.717, 1.165) is 77.0 Å². The van der Waals surface area contributed by atoms with E-state index in [9.17, 15) is 14.4 Å². The molecule has 0 N–H and O–H groups in total. The van der Waals surface area contributed by atoms with E-state index < -0.39 is 12.1 Å². The molecule has 0 aliphatic heterocycles. The summed E-state index contributed by atoms with van der Waals surface area (Å²) in [6.45, 7) is 6.20. The van der Waals surface area contributed by atoms with E-state index in [0.29, 0.717) is 6.42 Å². The lowest BCUT2D eigenvalue weighted by Gasteiger charge is -2.18. The zero-order valence-corrected chi connectivity index (χ0v) is 39.3. The molecule has 346 valence electrons. The molecular weight excluding hydrogens is 769 g/mol. The van der Waals surface area contributed by atoms with Crippen molar-refractivity contribution in [2.24, 2.45) is 0 Å².